The van der Waals surface area contributed by atoms with Gasteiger partial charge in [-0.25, -0.2) is 4.79 Å². The monoisotopic (exact) mass is 753 g/mol. The number of nitrogens with one attached hydrogen (secondary N) is 1. The molecule has 12 heteroatoms. The number of amides is 4. The minimum absolute atomic E-state index is 0.0639. The van der Waals surface area contributed by atoms with Gasteiger partial charge in [0, 0.05) is 5.92 Å². The molecular formula is C44H39N3O9. The van der Waals surface area contributed by atoms with Crippen LogP contribution < -0.4 is 19.8 Å². The first-order chi connectivity index (χ1) is 27.0. The van der Waals surface area contributed by atoms with E-state index in [0.717, 1.165) is 21.0 Å². The summed E-state index contributed by atoms with van der Waals surface area (Å²) in [4.78, 5) is 71.7. The summed E-state index contributed by atoms with van der Waals surface area (Å²) in [7, 11) is 2.84. The van der Waals surface area contributed by atoms with E-state index in [1.54, 1.807) is 30.3 Å². The van der Waals surface area contributed by atoms with E-state index < -0.39 is 64.6 Å². The normalized spacial score (nSPS) is 25.5. The van der Waals surface area contributed by atoms with Crippen molar-refractivity contribution in [3.8, 4) is 17.2 Å². The molecule has 8 rings (SSSR count). The summed E-state index contributed by atoms with van der Waals surface area (Å²) < 4.78 is 10.8. The zero-order chi connectivity index (χ0) is 39.5. The summed E-state index contributed by atoms with van der Waals surface area (Å²) in [6.45, 7) is 1.94. The number of carbonyl (C=O) groups excluding carboxylic acids is 4. The van der Waals surface area contributed by atoms with Gasteiger partial charge >= 0.3 is 5.97 Å². The number of nitrogens with zero attached hydrogens (tertiary/aromatic N) is 2. The van der Waals surface area contributed by atoms with Gasteiger partial charge in [0.25, 0.3) is 11.8 Å². The van der Waals surface area contributed by atoms with Gasteiger partial charge in [0.15, 0.2) is 11.5 Å². The number of carboxylic acid groups (broad SMARTS) is 1. The predicted octanol–water partition coefficient (Wildman–Crippen LogP) is 6.15. The number of hydrazine groups is 1. The third-order valence-electron chi connectivity index (χ3n) is 11.8. The first-order valence-electron chi connectivity index (χ1n) is 18.3. The van der Waals surface area contributed by atoms with E-state index in [2.05, 4.69) is 5.43 Å². The molecule has 2 saturated heterocycles. The molecule has 4 aromatic rings. The SMILES string of the molecule is COc1cc(C=CC2C3=CCC4C(=O)N(c5cccc(C(=O)O)c5)C(=O)C4C3CC3C(=O)N(Nc4ccc(C)cc4)C(=O)C23c2ccccc2)cc(OC)c1O. The molecule has 6 atom stereocenters. The number of hydrogen-bond acceptors (Lipinski definition) is 9. The summed E-state index contributed by atoms with van der Waals surface area (Å²) in [5, 5.41) is 21.4. The van der Waals surface area contributed by atoms with Crippen molar-refractivity contribution in [3.05, 3.63) is 131 Å². The molecule has 1 saturated carbocycles. The number of hydrogen-bond donors (Lipinski definition) is 3. The maximum absolute atomic E-state index is 15.3. The maximum atomic E-state index is 15.3. The van der Waals surface area contributed by atoms with Crippen LogP contribution >= 0.6 is 0 Å². The molecule has 0 aromatic heterocycles. The van der Waals surface area contributed by atoms with Crippen LogP contribution in [0.25, 0.3) is 6.08 Å². The fraction of sp³-hybridized carbons (Fsp3) is 0.250. The number of rotatable bonds is 9. The largest absolute Gasteiger partial charge is 0.502 e. The van der Waals surface area contributed by atoms with Crippen molar-refractivity contribution in [1.82, 2.24) is 5.01 Å². The van der Waals surface area contributed by atoms with Gasteiger partial charge in [-0.15, -0.1) is 0 Å². The molecule has 56 heavy (non-hydrogen) atoms. The minimum Gasteiger partial charge on any atom is -0.502 e. The lowest BCUT2D eigenvalue weighted by Crippen LogP contribution is -2.54. The van der Waals surface area contributed by atoms with Crippen molar-refractivity contribution in [1.29, 1.82) is 0 Å². The summed E-state index contributed by atoms with van der Waals surface area (Å²) in [5.41, 5.74) is 5.22. The number of methoxy groups -OCH3 is 2. The molecule has 0 spiro atoms. The second-order valence-electron chi connectivity index (χ2n) is 14.6. The summed E-state index contributed by atoms with van der Waals surface area (Å²) in [5.74, 6) is -6.84. The molecule has 2 aliphatic heterocycles. The van der Waals surface area contributed by atoms with Crippen LogP contribution in [0.2, 0.25) is 0 Å². The van der Waals surface area contributed by atoms with Crippen molar-refractivity contribution < 1.29 is 43.7 Å². The van der Waals surface area contributed by atoms with Gasteiger partial charge in [-0.2, -0.15) is 5.01 Å². The molecule has 284 valence electrons. The highest BCUT2D eigenvalue weighted by Gasteiger charge is 2.69. The first-order valence-corrected chi connectivity index (χ1v) is 18.3. The second kappa shape index (κ2) is 13.9. The highest BCUT2D eigenvalue weighted by molar-refractivity contribution is 6.23. The third-order valence-corrected chi connectivity index (χ3v) is 11.8. The molecule has 3 fully saturated rings. The zero-order valence-corrected chi connectivity index (χ0v) is 30.8. The standard InChI is InChI=1S/C44H39N3O9/c1-24-12-15-28(16-13-24)45-47-40(50)34-23-32-30(17-18-31-37(32)41(51)46(39(31)49)29-11-7-8-26(22-29)42(52)53)33(44(34,43(47)54)27-9-5-4-6-10-27)19-14-25-20-35(55-2)38(48)36(21-25)56-3/h4-17,19-22,31-34,37,45,48H,18,23H2,1-3H3,(H,52,53). The average Bonchev–Trinajstić information content (AvgIpc) is 3.59. The number of phenols is 1. The molecule has 4 aliphatic rings. The molecule has 2 heterocycles. The van der Waals surface area contributed by atoms with E-state index in [1.807, 2.05) is 61.5 Å². The number of aromatic hydroxyl groups is 1. The van der Waals surface area contributed by atoms with Gasteiger partial charge in [-0.05, 0) is 79.3 Å². The predicted molar refractivity (Wildman–Crippen MR) is 206 cm³/mol. The number of fused-ring (bicyclic) bond motifs is 4. The fourth-order valence-corrected chi connectivity index (χ4v) is 9.24. The van der Waals surface area contributed by atoms with Gasteiger partial charge in [-0.3, -0.25) is 29.5 Å². The second-order valence-corrected chi connectivity index (χ2v) is 14.6. The molecule has 4 aromatic carbocycles. The Balaban J connectivity index is 1.29. The molecule has 2 aliphatic carbocycles. The lowest BCUT2D eigenvalue weighted by molar-refractivity contribution is -0.139. The van der Waals surface area contributed by atoms with Crippen LogP contribution in [-0.2, 0) is 24.6 Å². The smallest absolute Gasteiger partial charge is 0.335 e. The van der Waals surface area contributed by atoms with E-state index in [0.29, 0.717) is 16.8 Å². The van der Waals surface area contributed by atoms with Crippen molar-refractivity contribution in [2.24, 2.45) is 29.6 Å². The first kappa shape index (κ1) is 36.3. The van der Waals surface area contributed by atoms with E-state index in [4.69, 9.17) is 9.47 Å². The van der Waals surface area contributed by atoms with E-state index in [1.165, 1.54) is 38.5 Å². The number of benzene rings is 4. The number of phenolic OH excluding ortho intramolecular Hbond substituents is 1. The van der Waals surface area contributed by atoms with Crippen LogP contribution in [0.3, 0.4) is 0 Å². The number of carbonyl (C=O) groups is 5. The molecule has 4 amide bonds. The fourth-order valence-electron chi connectivity index (χ4n) is 9.24. The molecule has 0 bridgehead atoms. The van der Waals surface area contributed by atoms with Gasteiger partial charge in [-0.1, -0.05) is 77.9 Å². The van der Waals surface area contributed by atoms with Crippen LogP contribution in [0.1, 0.15) is 39.9 Å². The lowest BCUT2D eigenvalue weighted by Gasteiger charge is -2.49. The van der Waals surface area contributed by atoms with Crippen molar-refractivity contribution in [2.45, 2.75) is 25.2 Å². The molecule has 3 N–H and O–H groups in total. The number of anilines is 2. The number of allylic oxidation sites excluding steroid dienone is 3. The van der Waals surface area contributed by atoms with Crippen LogP contribution in [-0.4, -0.2) is 59.0 Å². The Morgan fingerprint density at radius 1 is 0.857 bits per heavy atom. The minimum atomic E-state index is -1.46. The Morgan fingerprint density at radius 3 is 2.21 bits per heavy atom. The summed E-state index contributed by atoms with van der Waals surface area (Å²) in [6, 6.07) is 25.5. The highest BCUT2D eigenvalue weighted by Crippen LogP contribution is 2.61. The van der Waals surface area contributed by atoms with Crippen molar-refractivity contribution in [3.63, 3.8) is 0 Å². The highest BCUT2D eigenvalue weighted by atomic mass is 16.5. The number of imide groups is 2. The van der Waals surface area contributed by atoms with Gasteiger partial charge in [0.1, 0.15) is 0 Å². The van der Waals surface area contributed by atoms with Gasteiger partial charge in [0.2, 0.25) is 17.6 Å². The number of carboxylic acids is 1. The molecule has 6 unspecified atom stereocenters. The third kappa shape index (κ3) is 5.54. The maximum Gasteiger partial charge on any atom is 0.335 e. The van der Waals surface area contributed by atoms with Gasteiger partial charge in [0.05, 0.1) is 54.3 Å². The van der Waals surface area contributed by atoms with Crippen LogP contribution in [0.4, 0.5) is 11.4 Å². The summed E-state index contributed by atoms with van der Waals surface area (Å²) in [6.07, 6.45) is 5.89. The number of aryl methyl sites for hydroxylation is 1. The Hall–Kier alpha value is -6.69. The summed E-state index contributed by atoms with van der Waals surface area (Å²) >= 11 is 0. The quantitative estimate of drug-likeness (QED) is 0.134. The zero-order valence-electron chi connectivity index (χ0n) is 30.8. The Labute approximate surface area is 322 Å². The van der Waals surface area contributed by atoms with Crippen LogP contribution in [0, 0.1) is 36.5 Å². The molecule has 0 radical (unpaired) electrons. The Morgan fingerprint density at radius 2 is 1.55 bits per heavy atom. The number of aromatic carboxylic acids is 1. The van der Waals surface area contributed by atoms with Crippen molar-refractivity contribution in [2.75, 3.05) is 24.5 Å². The Bertz CT molecular complexity index is 2330. The van der Waals surface area contributed by atoms with Crippen LogP contribution in [0.15, 0.2) is 109 Å². The van der Waals surface area contributed by atoms with Gasteiger partial charge < -0.3 is 19.7 Å². The number of ether oxygens (including phenoxy) is 2. The topological polar surface area (TPSA) is 163 Å². The average molecular weight is 754 g/mol. The Kier molecular flexibility index (Phi) is 8.99. The van der Waals surface area contributed by atoms with E-state index >= 15 is 4.79 Å². The van der Waals surface area contributed by atoms with E-state index in [-0.39, 0.29) is 41.3 Å². The lowest BCUT2D eigenvalue weighted by atomic mass is 9.50. The van der Waals surface area contributed by atoms with Crippen LogP contribution in [0.5, 0.6) is 17.2 Å². The molecular weight excluding hydrogens is 714 g/mol. The van der Waals surface area contributed by atoms with Crippen molar-refractivity contribution >= 4 is 47.0 Å². The van der Waals surface area contributed by atoms with E-state index in [9.17, 15) is 29.4 Å². The molecule has 12 nitrogen and oxygen atoms in total.